The molecule has 0 aromatic heterocycles. The molecule has 0 unspecified atom stereocenters. The first-order valence-corrected chi connectivity index (χ1v) is 6.12. The van der Waals surface area contributed by atoms with Gasteiger partial charge in [0, 0.05) is 6.42 Å². The standard InChI is InChI=1S/C16H17O2/c1-3-9-15(10-4-1)17-13-7-8-14-18-16-11-5-2-6-12-16/h1-7,9-12H,8,13-14H2. The largest absolute Gasteiger partial charge is 0.494 e. The van der Waals surface area contributed by atoms with E-state index in [1.54, 1.807) is 0 Å². The number of unbranched alkanes of at least 4 members (excludes halogenated alkanes) is 1. The van der Waals surface area contributed by atoms with Gasteiger partial charge in [-0.25, -0.2) is 0 Å². The van der Waals surface area contributed by atoms with Crippen LogP contribution in [0.15, 0.2) is 60.7 Å². The molecular formula is C16H17O2. The molecule has 0 saturated carbocycles. The van der Waals surface area contributed by atoms with Crippen molar-refractivity contribution in [3.63, 3.8) is 0 Å². The van der Waals surface area contributed by atoms with E-state index in [2.05, 4.69) is 6.42 Å². The van der Waals surface area contributed by atoms with Gasteiger partial charge in [0.25, 0.3) is 0 Å². The van der Waals surface area contributed by atoms with E-state index < -0.39 is 0 Å². The normalized spacial score (nSPS) is 10.0. The van der Waals surface area contributed by atoms with Crippen LogP contribution in [0.1, 0.15) is 6.42 Å². The Balaban J connectivity index is 1.54. The van der Waals surface area contributed by atoms with Crippen LogP contribution in [-0.2, 0) is 0 Å². The predicted molar refractivity (Wildman–Crippen MR) is 72.8 cm³/mol. The molecule has 0 heterocycles. The van der Waals surface area contributed by atoms with E-state index in [1.165, 1.54) is 0 Å². The highest BCUT2D eigenvalue weighted by molar-refractivity contribution is 5.21. The zero-order valence-corrected chi connectivity index (χ0v) is 10.3. The summed E-state index contributed by atoms with van der Waals surface area (Å²) in [6, 6.07) is 19.7. The number of para-hydroxylation sites is 2. The van der Waals surface area contributed by atoms with E-state index in [9.17, 15) is 0 Å². The molecule has 0 fully saturated rings. The Bertz CT molecular complexity index is 382. The third-order valence-corrected chi connectivity index (χ3v) is 2.44. The summed E-state index contributed by atoms with van der Waals surface area (Å²) in [6.45, 7) is 1.30. The SMILES string of the molecule is [CH](CCOc1ccccc1)COc1ccccc1. The quantitative estimate of drug-likeness (QED) is 0.687. The Morgan fingerprint density at radius 2 is 1.28 bits per heavy atom. The number of hydrogen-bond donors (Lipinski definition) is 0. The van der Waals surface area contributed by atoms with E-state index in [0.717, 1.165) is 17.9 Å². The van der Waals surface area contributed by atoms with Gasteiger partial charge in [0.05, 0.1) is 13.2 Å². The maximum Gasteiger partial charge on any atom is 0.119 e. The lowest BCUT2D eigenvalue weighted by atomic mass is 10.3. The highest BCUT2D eigenvalue weighted by Gasteiger charge is 1.94. The number of benzene rings is 2. The molecule has 18 heavy (non-hydrogen) atoms. The Hall–Kier alpha value is -1.96. The number of ether oxygens (including phenoxy) is 2. The topological polar surface area (TPSA) is 18.5 Å². The van der Waals surface area contributed by atoms with Crippen LogP contribution in [0.4, 0.5) is 0 Å². The van der Waals surface area contributed by atoms with Crippen LogP contribution in [0.2, 0.25) is 0 Å². The number of hydrogen-bond acceptors (Lipinski definition) is 2. The molecule has 1 radical (unpaired) electrons. The first-order chi connectivity index (χ1) is 8.95. The van der Waals surface area contributed by atoms with Crippen molar-refractivity contribution in [2.75, 3.05) is 13.2 Å². The lowest BCUT2D eigenvalue weighted by Crippen LogP contribution is -2.03. The highest BCUT2D eigenvalue weighted by Crippen LogP contribution is 2.10. The van der Waals surface area contributed by atoms with Crippen molar-refractivity contribution < 1.29 is 9.47 Å². The van der Waals surface area contributed by atoms with Crippen molar-refractivity contribution >= 4 is 0 Å². The molecule has 2 heteroatoms. The Morgan fingerprint density at radius 3 is 1.89 bits per heavy atom. The summed E-state index contributed by atoms with van der Waals surface area (Å²) in [5.74, 6) is 1.81. The van der Waals surface area contributed by atoms with Crippen molar-refractivity contribution in [2.24, 2.45) is 0 Å². The van der Waals surface area contributed by atoms with Gasteiger partial charge < -0.3 is 9.47 Å². The second kappa shape index (κ2) is 7.38. The van der Waals surface area contributed by atoms with E-state index in [4.69, 9.17) is 9.47 Å². The summed E-state index contributed by atoms with van der Waals surface area (Å²) in [4.78, 5) is 0. The zero-order chi connectivity index (χ0) is 12.5. The maximum absolute atomic E-state index is 5.57. The minimum atomic E-state index is 0.613. The molecule has 0 aliphatic heterocycles. The molecule has 0 bridgehead atoms. The minimum Gasteiger partial charge on any atom is -0.494 e. The fourth-order valence-electron chi connectivity index (χ4n) is 1.53. The molecule has 2 aromatic carbocycles. The molecular weight excluding hydrogens is 224 g/mol. The van der Waals surface area contributed by atoms with Gasteiger partial charge in [0.1, 0.15) is 11.5 Å². The highest BCUT2D eigenvalue weighted by atomic mass is 16.5. The molecule has 2 rings (SSSR count). The van der Waals surface area contributed by atoms with Crippen LogP contribution < -0.4 is 9.47 Å². The van der Waals surface area contributed by atoms with Crippen molar-refractivity contribution in [2.45, 2.75) is 6.42 Å². The molecule has 0 aliphatic carbocycles. The summed E-state index contributed by atoms with van der Waals surface area (Å²) in [5, 5.41) is 0. The molecule has 0 N–H and O–H groups in total. The van der Waals surface area contributed by atoms with Gasteiger partial charge in [-0.05, 0) is 30.7 Å². The fraction of sp³-hybridized carbons (Fsp3) is 0.188. The van der Waals surface area contributed by atoms with Crippen LogP contribution in [0.25, 0.3) is 0 Å². The summed E-state index contributed by atoms with van der Waals surface area (Å²) in [5.41, 5.74) is 0. The lowest BCUT2D eigenvalue weighted by Gasteiger charge is -2.07. The van der Waals surface area contributed by atoms with Crippen molar-refractivity contribution in [1.29, 1.82) is 0 Å². The molecule has 0 saturated heterocycles. The average Bonchev–Trinajstić information content (AvgIpc) is 2.45. The van der Waals surface area contributed by atoms with Gasteiger partial charge in [0.2, 0.25) is 0 Å². The van der Waals surface area contributed by atoms with Gasteiger partial charge in [-0.3, -0.25) is 0 Å². The van der Waals surface area contributed by atoms with Crippen molar-refractivity contribution in [1.82, 2.24) is 0 Å². The Kier molecular flexibility index (Phi) is 5.12. The van der Waals surface area contributed by atoms with Crippen LogP contribution in [0.5, 0.6) is 11.5 Å². The van der Waals surface area contributed by atoms with Crippen LogP contribution in [-0.4, -0.2) is 13.2 Å². The number of rotatable bonds is 7. The zero-order valence-electron chi connectivity index (χ0n) is 10.3. The molecule has 0 amide bonds. The fourth-order valence-corrected chi connectivity index (χ4v) is 1.53. The van der Waals surface area contributed by atoms with Crippen molar-refractivity contribution in [3.05, 3.63) is 67.1 Å². The molecule has 93 valence electrons. The monoisotopic (exact) mass is 241 g/mol. The molecule has 0 spiro atoms. The minimum absolute atomic E-state index is 0.613. The Labute approximate surface area is 108 Å². The van der Waals surface area contributed by atoms with Gasteiger partial charge in [0.15, 0.2) is 0 Å². The maximum atomic E-state index is 5.57. The van der Waals surface area contributed by atoms with Crippen molar-refractivity contribution in [3.8, 4) is 11.5 Å². The van der Waals surface area contributed by atoms with Crippen LogP contribution in [0.3, 0.4) is 0 Å². The summed E-state index contributed by atoms with van der Waals surface area (Å²) >= 11 is 0. The molecule has 2 aromatic rings. The van der Waals surface area contributed by atoms with E-state index in [1.807, 2.05) is 60.7 Å². The van der Waals surface area contributed by atoms with E-state index >= 15 is 0 Å². The third kappa shape index (κ3) is 4.50. The second-order valence-corrected chi connectivity index (χ2v) is 3.86. The van der Waals surface area contributed by atoms with Gasteiger partial charge in [-0.2, -0.15) is 0 Å². The van der Waals surface area contributed by atoms with Gasteiger partial charge in [-0.15, -0.1) is 0 Å². The van der Waals surface area contributed by atoms with Gasteiger partial charge in [-0.1, -0.05) is 36.4 Å². The first kappa shape index (κ1) is 12.5. The summed E-state index contributed by atoms with van der Waals surface area (Å²) in [7, 11) is 0. The molecule has 0 aliphatic rings. The molecule has 2 nitrogen and oxygen atoms in total. The predicted octanol–water partition coefficient (Wildman–Crippen LogP) is 3.74. The van der Waals surface area contributed by atoms with Crippen LogP contribution in [0, 0.1) is 6.42 Å². The molecule has 0 atom stereocenters. The van der Waals surface area contributed by atoms with Gasteiger partial charge >= 0.3 is 0 Å². The van der Waals surface area contributed by atoms with E-state index in [0.29, 0.717) is 13.2 Å². The third-order valence-electron chi connectivity index (χ3n) is 2.44. The van der Waals surface area contributed by atoms with E-state index in [-0.39, 0.29) is 0 Å². The second-order valence-electron chi connectivity index (χ2n) is 3.86. The summed E-state index contributed by atoms with van der Waals surface area (Å²) < 4.78 is 11.1. The lowest BCUT2D eigenvalue weighted by molar-refractivity contribution is 0.299. The van der Waals surface area contributed by atoms with Crippen LogP contribution >= 0.6 is 0 Å². The average molecular weight is 241 g/mol. The Morgan fingerprint density at radius 1 is 0.722 bits per heavy atom. The smallest absolute Gasteiger partial charge is 0.119 e. The first-order valence-electron chi connectivity index (χ1n) is 6.12. The summed E-state index contributed by atoms with van der Waals surface area (Å²) in [6.07, 6.45) is 2.96.